The summed E-state index contributed by atoms with van der Waals surface area (Å²) in [6.07, 6.45) is 3.56. The van der Waals surface area contributed by atoms with E-state index >= 15 is 0 Å². The van der Waals surface area contributed by atoms with Gasteiger partial charge in [0, 0.05) is 13.6 Å². The number of carbonyl (C=O) groups is 1. The third-order valence-electron chi connectivity index (χ3n) is 4.48. The van der Waals surface area contributed by atoms with Gasteiger partial charge in [0.25, 0.3) is 5.91 Å². The van der Waals surface area contributed by atoms with Crippen molar-refractivity contribution in [1.82, 2.24) is 20.2 Å². The number of nitrogens with two attached hydrogens (primary N) is 1. The molecule has 1 saturated heterocycles. The van der Waals surface area contributed by atoms with Gasteiger partial charge >= 0.3 is 0 Å². The summed E-state index contributed by atoms with van der Waals surface area (Å²) in [5.74, 6) is 0.190. The highest BCUT2D eigenvalue weighted by Gasteiger charge is 2.23. The molecule has 0 bridgehead atoms. The van der Waals surface area contributed by atoms with Gasteiger partial charge in [-0.3, -0.25) is 10.1 Å². The van der Waals surface area contributed by atoms with Crippen molar-refractivity contribution in [3.8, 4) is 0 Å². The average molecular weight is 360 g/mol. The second-order valence-electron chi connectivity index (χ2n) is 6.38. The summed E-state index contributed by atoms with van der Waals surface area (Å²) in [5, 5.41) is 5.81. The molecule has 1 amide bonds. The number of hydrogen-bond acceptors (Lipinski definition) is 4. The zero-order valence-corrected chi connectivity index (χ0v) is 14.9. The lowest BCUT2D eigenvalue weighted by atomic mass is 10.1. The molecule has 1 unspecified atom stereocenters. The van der Waals surface area contributed by atoms with Crippen molar-refractivity contribution >= 4 is 29.0 Å². The van der Waals surface area contributed by atoms with E-state index in [-0.39, 0.29) is 11.9 Å². The Balaban J connectivity index is 1.59. The lowest BCUT2D eigenvalue weighted by molar-refractivity contribution is -0.115. The molecule has 0 spiro atoms. The highest BCUT2D eigenvalue weighted by atomic mass is 16.2. The fourth-order valence-corrected chi connectivity index (χ4v) is 3.05. The minimum Gasteiger partial charge on any atom is -0.334 e. The summed E-state index contributed by atoms with van der Waals surface area (Å²) in [6.45, 7) is 0.348. The molecule has 27 heavy (non-hydrogen) atoms. The largest absolute Gasteiger partial charge is 0.334 e. The Morgan fingerprint density at radius 2 is 2.04 bits per heavy atom. The smallest absolute Gasteiger partial charge is 0.274 e. The minimum absolute atomic E-state index is 0.220. The van der Waals surface area contributed by atoms with E-state index in [4.69, 9.17) is 5.73 Å². The Hall–Kier alpha value is -3.45. The molecule has 7 heteroatoms. The number of nitrogens with zero attached hydrogens (tertiary/aromatic N) is 3. The predicted octanol–water partition coefficient (Wildman–Crippen LogP) is 1.69. The lowest BCUT2D eigenvalue weighted by Gasteiger charge is -2.11. The Morgan fingerprint density at radius 1 is 1.22 bits per heavy atom. The van der Waals surface area contributed by atoms with Gasteiger partial charge in [0.1, 0.15) is 5.70 Å². The first-order valence-electron chi connectivity index (χ1n) is 8.68. The van der Waals surface area contributed by atoms with Crippen molar-refractivity contribution < 1.29 is 4.79 Å². The van der Waals surface area contributed by atoms with Crippen LogP contribution in [0.3, 0.4) is 0 Å². The number of aryl methyl sites for hydroxylation is 1. The van der Waals surface area contributed by atoms with Gasteiger partial charge in [-0.25, -0.2) is 9.98 Å². The van der Waals surface area contributed by atoms with Gasteiger partial charge in [0.15, 0.2) is 0 Å². The molecular weight excluding hydrogens is 340 g/mol. The quantitative estimate of drug-likeness (QED) is 0.617. The van der Waals surface area contributed by atoms with Gasteiger partial charge in [-0.1, -0.05) is 36.4 Å². The number of amides is 1. The average Bonchev–Trinajstić information content (AvgIpc) is 3.23. The van der Waals surface area contributed by atoms with Crippen molar-refractivity contribution in [2.75, 3.05) is 6.54 Å². The number of nitrogens with one attached hydrogen (secondary N) is 2. The number of fused-ring (bicyclic) bond motifs is 1. The maximum atomic E-state index is 12.3. The second-order valence-corrected chi connectivity index (χ2v) is 6.38. The van der Waals surface area contributed by atoms with Crippen LogP contribution in [0, 0.1) is 0 Å². The van der Waals surface area contributed by atoms with Crippen LogP contribution in [0.25, 0.3) is 17.1 Å². The fourth-order valence-electron chi connectivity index (χ4n) is 3.05. The molecule has 7 nitrogen and oxygen atoms in total. The highest BCUT2D eigenvalue weighted by molar-refractivity contribution is 6.15. The first kappa shape index (κ1) is 17.0. The third kappa shape index (κ3) is 3.45. The van der Waals surface area contributed by atoms with Crippen molar-refractivity contribution in [3.05, 3.63) is 71.7 Å². The SMILES string of the molecule is Cn1cnc2ccc(/C=C3\NC(=NC(CN)c4ccccc4)NC3=O)cc21. The van der Waals surface area contributed by atoms with Gasteiger partial charge in [-0.05, 0) is 29.3 Å². The maximum absolute atomic E-state index is 12.3. The number of aliphatic imine (C=N–C) groups is 1. The molecule has 0 aliphatic carbocycles. The molecule has 2 heterocycles. The van der Waals surface area contributed by atoms with Crippen LogP contribution in [0.2, 0.25) is 0 Å². The van der Waals surface area contributed by atoms with Crippen LogP contribution in [0.15, 0.2) is 65.5 Å². The fraction of sp³-hybridized carbons (Fsp3) is 0.150. The monoisotopic (exact) mass is 360 g/mol. The predicted molar refractivity (Wildman–Crippen MR) is 106 cm³/mol. The van der Waals surface area contributed by atoms with Gasteiger partial charge in [0.2, 0.25) is 5.96 Å². The number of imidazole rings is 1. The molecule has 1 aliphatic rings. The Morgan fingerprint density at radius 3 is 2.81 bits per heavy atom. The summed E-state index contributed by atoms with van der Waals surface area (Å²) in [4.78, 5) is 21.2. The number of rotatable bonds is 4. The molecule has 1 fully saturated rings. The van der Waals surface area contributed by atoms with Gasteiger partial charge in [0.05, 0.1) is 23.4 Å². The Labute approximate surface area is 156 Å². The molecule has 2 aromatic carbocycles. The first-order valence-corrected chi connectivity index (χ1v) is 8.68. The van der Waals surface area contributed by atoms with Crippen molar-refractivity contribution in [1.29, 1.82) is 0 Å². The van der Waals surface area contributed by atoms with E-state index in [0.29, 0.717) is 18.2 Å². The topological polar surface area (TPSA) is 97.3 Å². The van der Waals surface area contributed by atoms with E-state index in [1.807, 2.05) is 60.1 Å². The molecule has 136 valence electrons. The van der Waals surface area contributed by atoms with E-state index < -0.39 is 0 Å². The molecule has 1 aliphatic heterocycles. The number of hydrogen-bond donors (Lipinski definition) is 3. The van der Waals surface area contributed by atoms with Crippen LogP contribution < -0.4 is 16.4 Å². The Kier molecular flexibility index (Phi) is 4.43. The molecule has 0 radical (unpaired) electrons. The number of benzene rings is 2. The number of carbonyl (C=O) groups excluding carboxylic acids is 1. The van der Waals surface area contributed by atoms with Crippen LogP contribution in [0.5, 0.6) is 0 Å². The van der Waals surface area contributed by atoms with Crippen molar-refractivity contribution in [3.63, 3.8) is 0 Å². The number of guanidine groups is 1. The normalized spacial score (nSPS) is 18.1. The maximum Gasteiger partial charge on any atom is 0.274 e. The first-order chi connectivity index (χ1) is 13.1. The van der Waals surface area contributed by atoms with Gasteiger partial charge in [-0.15, -0.1) is 0 Å². The standard InChI is InChI=1S/C20H20N6O/c1-26-12-22-15-8-7-13(10-18(15)26)9-16-19(27)25-20(23-16)24-17(11-21)14-5-3-2-4-6-14/h2-10,12,17H,11,21H2,1H3,(H2,23,24,25,27)/b16-9-. The summed E-state index contributed by atoms with van der Waals surface area (Å²) >= 11 is 0. The van der Waals surface area contributed by atoms with Gasteiger partial charge in [-0.2, -0.15) is 0 Å². The van der Waals surface area contributed by atoms with E-state index in [2.05, 4.69) is 20.6 Å². The summed E-state index contributed by atoms with van der Waals surface area (Å²) in [7, 11) is 1.94. The van der Waals surface area contributed by atoms with Crippen LogP contribution >= 0.6 is 0 Å². The van der Waals surface area contributed by atoms with Crippen LogP contribution in [-0.2, 0) is 11.8 Å². The molecule has 4 rings (SSSR count). The highest BCUT2D eigenvalue weighted by Crippen LogP contribution is 2.18. The minimum atomic E-state index is -0.223. The zero-order chi connectivity index (χ0) is 18.8. The van der Waals surface area contributed by atoms with E-state index in [1.165, 1.54) is 0 Å². The summed E-state index contributed by atoms with van der Waals surface area (Å²) in [5.41, 5.74) is 10.1. The summed E-state index contributed by atoms with van der Waals surface area (Å²) < 4.78 is 1.94. The molecule has 1 aromatic heterocycles. The van der Waals surface area contributed by atoms with Crippen LogP contribution in [0.1, 0.15) is 17.2 Å². The Bertz CT molecular complexity index is 1050. The van der Waals surface area contributed by atoms with Crippen molar-refractivity contribution in [2.45, 2.75) is 6.04 Å². The zero-order valence-electron chi connectivity index (χ0n) is 14.9. The molecular formula is C20H20N6O. The molecule has 1 atom stereocenters. The number of aromatic nitrogens is 2. The molecule has 3 aromatic rings. The summed E-state index contributed by atoms with van der Waals surface area (Å²) in [6, 6.07) is 15.4. The molecule has 4 N–H and O–H groups in total. The third-order valence-corrected chi connectivity index (χ3v) is 4.48. The van der Waals surface area contributed by atoms with Crippen LogP contribution in [-0.4, -0.2) is 28.0 Å². The van der Waals surface area contributed by atoms with E-state index in [1.54, 1.807) is 12.4 Å². The van der Waals surface area contributed by atoms with E-state index in [0.717, 1.165) is 22.2 Å². The second kappa shape index (κ2) is 7.05. The van der Waals surface area contributed by atoms with Crippen molar-refractivity contribution in [2.24, 2.45) is 17.8 Å². The van der Waals surface area contributed by atoms with Crippen LogP contribution in [0.4, 0.5) is 0 Å². The molecule has 0 saturated carbocycles. The lowest BCUT2D eigenvalue weighted by Crippen LogP contribution is -2.27. The van der Waals surface area contributed by atoms with Gasteiger partial charge < -0.3 is 15.6 Å². The van der Waals surface area contributed by atoms with E-state index in [9.17, 15) is 4.79 Å².